The summed E-state index contributed by atoms with van der Waals surface area (Å²) in [6.07, 6.45) is 3.90. The first-order valence-electron chi connectivity index (χ1n) is 5.98. The summed E-state index contributed by atoms with van der Waals surface area (Å²) in [6.45, 7) is -0.171. The number of aliphatic hydroxyl groups excluding tert-OH is 1. The number of phenols is 1. The molecule has 2 N–H and O–H groups in total. The Bertz CT molecular complexity index is 571. The van der Waals surface area contributed by atoms with E-state index in [0.717, 1.165) is 16.9 Å². The largest absolute Gasteiger partial charge is 0.508 e. The lowest BCUT2D eigenvalue weighted by Crippen LogP contribution is -1.85. The minimum atomic E-state index is -0.171. The van der Waals surface area contributed by atoms with Crippen LogP contribution in [0.4, 0.5) is 0 Å². The van der Waals surface area contributed by atoms with Gasteiger partial charge in [0.1, 0.15) is 11.5 Å². The van der Waals surface area contributed by atoms with Crippen LogP contribution >= 0.6 is 0 Å². The van der Waals surface area contributed by atoms with Gasteiger partial charge in [-0.2, -0.15) is 0 Å². The number of hydrogen-bond acceptors (Lipinski definition) is 3. The summed E-state index contributed by atoms with van der Waals surface area (Å²) in [6, 6.07) is 12.9. The van der Waals surface area contributed by atoms with E-state index in [2.05, 4.69) is 0 Å². The summed E-state index contributed by atoms with van der Waals surface area (Å²) >= 11 is 0. The zero-order chi connectivity index (χ0) is 13.7. The summed E-state index contributed by atoms with van der Waals surface area (Å²) in [5.74, 6) is 0.938. The van der Waals surface area contributed by atoms with Gasteiger partial charge in [-0.25, -0.2) is 0 Å². The Balaban J connectivity index is 2.17. The van der Waals surface area contributed by atoms with E-state index in [1.165, 1.54) is 0 Å². The van der Waals surface area contributed by atoms with E-state index in [1.807, 2.05) is 36.4 Å². The first-order valence-corrected chi connectivity index (χ1v) is 5.98. The molecule has 0 heterocycles. The minimum Gasteiger partial charge on any atom is -0.508 e. The highest BCUT2D eigenvalue weighted by atomic mass is 16.5. The predicted molar refractivity (Wildman–Crippen MR) is 76.0 cm³/mol. The van der Waals surface area contributed by atoms with E-state index in [1.54, 1.807) is 25.3 Å². The van der Waals surface area contributed by atoms with Crippen LogP contribution in [0.2, 0.25) is 0 Å². The Morgan fingerprint density at radius 1 is 1.00 bits per heavy atom. The van der Waals surface area contributed by atoms with Gasteiger partial charge in [-0.3, -0.25) is 0 Å². The fraction of sp³-hybridized carbons (Fsp3) is 0.125. The van der Waals surface area contributed by atoms with Crippen LogP contribution < -0.4 is 4.74 Å². The van der Waals surface area contributed by atoms with Crippen molar-refractivity contribution in [3.63, 3.8) is 0 Å². The van der Waals surface area contributed by atoms with Gasteiger partial charge in [0.15, 0.2) is 0 Å². The summed E-state index contributed by atoms with van der Waals surface area (Å²) in [5.41, 5.74) is 2.51. The van der Waals surface area contributed by atoms with Crippen molar-refractivity contribution in [2.24, 2.45) is 0 Å². The number of ether oxygens (including phenoxy) is 1. The lowest BCUT2D eigenvalue weighted by atomic mass is 10.1. The van der Waals surface area contributed by atoms with Gasteiger partial charge in [0, 0.05) is 5.56 Å². The van der Waals surface area contributed by atoms with Crippen LogP contribution in [0, 0.1) is 0 Å². The second kappa shape index (κ2) is 6.07. The third kappa shape index (κ3) is 3.36. The molecule has 2 rings (SSSR count). The second-order valence-electron chi connectivity index (χ2n) is 4.15. The third-order valence-electron chi connectivity index (χ3n) is 2.86. The Morgan fingerprint density at radius 2 is 1.63 bits per heavy atom. The number of hydrogen-bond donors (Lipinski definition) is 2. The van der Waals surface area contributed by atoms with Crippen molar-refractivity contribution in [1.29, 1.82) is 0 Å². The van der Waals surface area contributed by atoms with Crippen LogP contribution in [0.5, 0.6) is 11.5 Å². The van der Waals surface area contributed by atoms with E-state index in [0.29, 0.717) is 5.56 Å². The van der Waals surface area contributed by atoms with Crippen LogP contribution in [0.25, 0.3) is 12.2 Å². The fourth-order valence-corrected chi connectivity index (χ4v) is 1.74. The summed E-state index contributed by atoms with van der Waals surface area (Å²) in [5, 5.41) is 18.6. The fourth-order valence-electron chi connectivity index (χ4n) is 1.74. The van der Waals surface area contributed by atoms with Crippen molar-refractivity contribution >= 4 is 12.2 Å². The summed E-state index contributed by atoms with van der Waals surface area (Å²) in [7, 11) is 1.64. The van der Waals surface area contributed by atoms with E-state index in [4.69, 9.17) is 9.84 Å². The normalized spacial score (nSPS) is 10.8. The molecule has 0 aliphatic carbocycles. The molecule has 0 amide bonds. The molecule has 0 saturated carbocycles. The molecule has 0 aromatic heterocycles. The molecule has 0 spiro atoms. The number of aliphatic hydroxyl groups is 1. The lowest BCUT2D eigenvalue weighted by molar-refractivity contribution is 0.275. The molecule has 0 aliphatic heterocycles. The van der Waals surface area contributed by atoms with Crippen molar-refractivity contribution in [3.05, 3.63) is 59.2 Å². The first-order chi connectivity index (χ1) is 9.22. The van der Waals surface area contributed by atoms with Gasteiger partial charge in [0.05, 0.1) is 13.7 Å². The standard InChI is InChI=1S/C16H16O3/c1-19-15-7-4-12(5-8-15)2-3-13-6-9-16(18)14(10-13)11-17/h2-10,17-18H,11H2,1H3/b3-2+. The predicted octanol–water partition coefficient (Wildman–Crippen LogP) is 3.06. The van der Waals surface area contributed by atoms with Crippen LogP contribution in [0.1, 0.15) is 16.7 Å². The zero-order valence-electron chi connectivity index (χ0n) is 10.7. The van der Waals surface area contributed by atoms with Crippen LogP contribution in [0.3, 0.4) is 0 Å². The van der Waals surface area contributed by atoms with E-state index in [9.17, 15) is 5.11 Å². The number of rotatable bonds is 4. The molecular weight excluding hydrogens is 240 g/mol. The molecule has 0 unspecified atom stereocenters. The Labute approximate surface area is 112 Å². The van der Waals surface area contributed by atoms with Gasteiger partial charge in [-0.1, -0.05) is 30.4 Å². The molecular formula is C16H16O3. The van der Waals surface area contributed by atoms with E-state index < -0.39 is 0 Å². The molecule has 0 radical (unpaired) electrons. The van der Waals surface area contributed by atoms with Gasteiger partial charge in [0.2, 0.25) is 0 Å². The smallest absolute Gasteiger partial charge is 0.121 e. The van der Waals surface area contributed by atoms with E-state index in [-0.39, 0.29) is 12.4 Å². The molecule has 2 aromatic rings. The van der Waals surface area contributed by atoms with Crippen molar-refractivity contribution in [1.82, 2.24) is 0 Å². The maximum absolute atomic E-state index is 9.48. The van der Waals surface area contributed by atoms with Crippen LogP contribution in [-0.2, 0) is 6.61 Å². The average Bonchev–Trinajstić information content (AvgIpc) is 2.47. The van der Waals surface area contributed by atoms with Crippen LogP contribution in [-0.4, -0.2) is 17.3 Å². The van der Waals surface area contributed by atoms with Gasteiger partial charge in [0.25, 0.3) is 0 Å². The first kappa shape index (κ1) is 13.2. The number of benzene rings is 2. The third-order valence-corrected chi connectivity index (χ3v) is 2.86. The second-order valence-corrected chi connectivity index (χ2v) is 4.15. The van der Waals surface area contributed by atoms with Gasteiger partial charge >= 0.3 is 0 Å². The van der Waals surface area contributed by atoms with Gasteiger partial charge in [-0.15, -0.1) is 0 Å². The van der Waals surface area contributed by atoms with Crippen LogP contribution in [0.15, 0.2) is 42.5 Å². The Morgan fingerprint density at radius 3 is 2.26 bits per heavy atom. The molecule has 0 atom stereocenters. The molecule has 3 heteroatoms. The molecule has 0 bridgehead atoms. The maximum Gasteiger partial charge on any atom is 0.121 e. The highest BCUT2D eigenvalue weighted by molar-refractivity contribution is 5.70. The van der Waals surface area contributed by atoms with Gasteiger partial charge in [-0.05, 0) is 35.4 Å². The molecule has 0 saturated heterocycles. The maximum atomic E-state index is 9.48. The average molecular weight is 256 g/mol. The van der Waals surface area contributed by atoms with Crippen molar-refractivity contribution in [3.8, 4) is 11.5 Å². The molecule has 98 valence electrons. The Hall–Kier alpha value is -2.26. The number of methoxy groups -OCH3 is 1. The molecule has 0 aliphatic rings. The Kier molecular flexibility index (Phi) is 4.21. The molecule has 3 nitrogen and oxygen atoms in total. The quantitative estimate of drug-likeness (QED) is 0.826. The SMILES string of the molecule is COc1ccc(/C=C/c2ccc(O)c(CO)c2)cc1. The highest BCUT2D eigenvalue weighted by Gasteiger charge is 1.99. The van der Waals surface area contributed by atoms with Crippen molar-refractivity contribution in [2.75, 3.05) is 7.11 Å². The minimum absolute atomic E-state index is 0.115. The summed E-state index contributed by atoms with van der Waals surface area (Å²) in [4.78, 5) is 0. The topological polar surface area (TPSA) is 49.7 Å². The monoisotopic (exact) mass is 256 g/mol. The van der Waals surface area contributed by atoms with Gasteiger partial charge < -0.3 is 14.9 Å². The summed E-state index contributed by atoms with van der Waals surface area (Å²) < 4.78 is 5.10. The number of aromatic hydroxyl groups is 1. The molecule has 19 heavy (non-hydrogen) atoms. The zero-order valence-corrected chi connectivity index (χ0v) is 10.7. The lowest BCUT2D eigenvalue weighted by Gasteiger charge is -2.02. The molecule has 2 aromatic carbocycles. The van der Waals surface area contributed by atoms with E-state index >= 15 is 0 Å². The van der Waals surface area contributed by atoms with Crippen molar-refractivity contribution < 1.29 is 14.9 Å². The highest BCUT2D eigenvalue weighted by Crippen LogP contribution is 2.20. The molecule has 0 fully saturated rings. The van der Waals surface area contributed by atoms with Crippen molar-refractivity contribution in [2.45, 2.75) is 6.61 Å².